The molecule has 1 amide bonds. The largest absolute Gasteiger partial charge is 0.355 e. The number of benzene rings is 2. The maximum Gasteiger partial charge on any atom is 0.278 e. The molecular weight excluding hydrogens is 348 g/mol. The van der Waals surface area contributed by atoms with Crippen molar-refractivity contribution in [3.8, 4) is 0 Å². The third-order valence-corrected chi connectivity index (χ3v) is 4.67. The van der Waals surface area contributed by atoms with E-state index in [1.807, 2.05) is 62.1 Å². The lowest BCUT2D eigenvalue weighted by atomic mass is 10.2. The van der Waals surface area contributed by atoms with Gasteiger partial charge in [-0.2, -0.15) is 0 Å². The van der Waals surface area contributed by atoms with Gasteiger partial charge in [0.15, 0.2) is 11.5 Å². The van der Waals surface area contributed by atoms with Crippen LogP contribution in [-0.2, 0) is 0 Å². The Hall–Kier alpha value is -2.66. The van der Waals surface area contributed by atoms with E-state index in [0.717, 1.165) is 24.2 Å². The number of carbonyl (C=O) groups excluding carboxylic acids is 1. The Labute approximate surface area is 158 Å². The molecule has 0 aliphatic carbocycles. The zero-order chi connectivity index (χ0) is 18.7. The van der Waals surface area contributed by atoms with Crippen molar-refractivity contribution in [1.82, 2.24) is 9.97 Å². The van der Waals surface area contributed by atoms with Gasteiger partial charge < -0.3 is 10.2 Å². The number of halogens is 1. The van der Waals surface area contributed by atoms with E-state index < -0.39 is 0 Å². The summed E-state index contributed by atoms with van der Waals surface area (Å²) in [6.07, 6.45) is 0. The van der Waals surface area contributed by atoms with Crippen LogP contribution in [0.4, 0.5) is 11.5 Å². The van der Waals surface area contributed by atoms with Gasteiger partial charge in [-0.3, -0.25) is 4.79 Å². The van der Waals surface area contributed by atoms with Gasteiger partial charge in [-0.15, -0.1) is 0 Å². The van der Waals surface area contributed by atoms with E-state index in [1.165, 1.54) is 0 Å². The molecule has 3 aromatic rings. The fourth-order valence-electron chi connectivity index (χ4n) is 2.75. The molecule has 6 heteroatoms. The summed E-state index contributed by atoms with van der Waals surface area (Å²) in [5.41, 5.74) is 3.36. The van der Waals surface area contributed by atoms with Crippen LogP contribution in [0.25, 0.3) is 11.0 Å². The third-order valence-electron chi connectivity index (χ3n) is 4.26. The Kier molecular flexibility index (Phi) is 5.38. The number of carbonyl (C=O) groups is 1. The molecule has 1 aromatic heterocycles. The Morgan fingerprint density at radius 1 is 1.08 bits per heavy atom. The monoisotopic (exact) mass is 368 g/mol. The van der Waals surface area contributed by atoms with Crippen LogP contribution >= 0.6 is 11.6 Å². The Morgan fingerprint density at radius 2 is 1.73 bits per heavy atom. The van der Waals surface area contributed by atoms with Crippen LogP contribution in [0.2, 0.25) is 5.02 Å². The molecule has 2 aromatic carbocycles. The molecule has 1 N–H and O–H groups in total. The molecule has 26 heavy (non-hydrogen) atoms. The van der Waals surface area contributed by atoms with Crippen molar-refractivity contribution in [1.29, 1.82) is 0 Å². The van der Waals surface area contributed by atoms with Crippen molar-refractivity contribution in [2.24, 2.45) is 0 Å². The summed E-state index contributed by atoms with van der Waals surface area (Å²) in [6, 6.07) is 13.0. The first kappa shape index (κ1) is 18.1. The van der Waals surface area contributed by atoms with Gasteiger partial charge in [0.25, 0.3) is 5.91 Å². The topological polar surface area (TPSA) is 58.1 Å². The van der Waals surface area contributed by atoms with E-state index in [-0.39, 0.29) is 5.91 Å². The smallest absolute Gasteiger partial charge is 0.278 e. The zero-order valence-corrected chi connectivity index (χ0v) is 15.8. The summed E-state index contributed by atoms with van der Waals surface area (Å²) in [5, 5.41) is 3.49. The van der Waals surface area contributed by atoms with Crippen molar-refractivity contribution < 1.29 is 4.79 Å². The number of nitrogens with one attached hydrogen (secondary N) is 1. The second-order valence-corrected chi connectivity index (χ2v) is 6.38. The van der Waals surface area contributed by atoms with Crippen molar-refractivity contribution in [2.45, 2.75) is 20.8 Å². The minimum Gasteiger partial charge on any atom is -0.355 e. The highest BCUT2D eigenvalue weighted by atomic mass is 35.5. The predicted octanol–water partition coefficient (Wildman–Crippen LogP) is 4.69. The van der Waals surface area contributed by atoms with Crippen molar-refractivity contribution in [2.75, 3.05) is 23.3 Å². The summed E-state index contributed by atoms with van der Waals surface area (Å²) in [4.78, 5) is 24.2. The molecule has 0 bridgehead atoms. The first-order valence-electron chi connectivity index (χ1n) is 8.62. The SMILES string of the molecule is CCN(CC)c1nc2ccccc2nc1C(=O)Nc1ccc(C)c(Cl)c1. The Balaban J connectivity index is 2.04. The molecule has 0 unspecified atom stereocenters. The van der Waals surface area contributed by atoms with Gasteiger partial charge in [-0.05, 0) is 50.6 Å². The van der Waals surface area contributed by atoms with Gasteiger partial charge in [0.1, 0.15) is 0 Å². The van der Waals surface area contributed by atoms with Crippen molar-refractivity contribution in [3.63, 3.8) is 0 Å². The van der Waals surface area contributed by atoms with E-state index >= 15 is 0 Å². The van der Waals surface area contributed by atoms with Crippen LogP contribution in [0.1, 0.15) is 29.9 Å². The predicted molar refractivity (Wildman–Crippen MR) is 107 cm³/mol. The number of aryl methyl sites for hydroxylation is 1. The highest BCUT2D eigenvalue weighted by molar-refractivity contribution is 6.31. The highest BCUT2D eigenvalue weighted by Gasteiger charge is 2.20. The molecule has 0 aliphatic heterocycles. The molecular formula is C20H21ClN4O. The first-order chi connectivity index (χ1) is 12.5. The summed E-state index contributed by atoms with van der Waals surface area (Å²) in [5.74, 6) is 0.287. The van der Waals surface area contributed by atoms with Crippen LogP contribution in [0.15, 0.2) is 42.5 Å². The molecule has 0 atom stereocenters. The number of aromatic nitrogens is 2. The van der Waals surface area contributed by atoms with Crippen LogP contribution < -0.4 is 10.2 Å². The van der Waals surface area contributed by atoms with Gasteiger partial charge in [-0.1, -0.05) is 29.8 Å². The fraction of sp³-hybridized carbons (Fsp3) is 0.250. The third kappa shape index (κ3) is 3.63. The lowest BCUT2D eigenvalue weighted by Gasteiger charge is -2.22. The Bertz CT molecular complexity index is 954. The normalized spacial score (nSPS) is 10.8. The Morgan fingerprint density at radius 3 is 2.35 bits per heavy atom. The van der Waals surface area contributed by atoms with Crippen molar-refractivity contribution in [3.05, 3.63) is 58.7 Å². The number of hydrogen-bond acceptors (Lipinski definition) is 4. The lowest BCUT2D eigenvalue weighted by molar-refractivity contribution is 0.102. The quantitative estimate of drug-likeness (QED) is 0.709. The second kappa shape index (κ2) is 7.70. The summed E-state index contributed by atoms with van der Waals surface area (Å²) >= 11 is 6.16. The van der Waals surface area contributed by atoms with E-state index in [4.69, 9.17) is 11.6 Å². The molecule has 0 saturated carbocycles. The molecule has 0 aliphatic rings. The molecule has 0 fully saturated rings. The van der Waals surface area contributed by atoms with Gasteiger partial charge in [-0.25, -0.2) is 9.97 Å². The van der Waals surface area contributed by atoms with Crippen LogP contribution in [0, 0.1) is 6.92 Å². The zero-order valence-electron chi connectivity index (χ0n) is 15.1. The number of amides is 1. The van der Waals surface area contributed by atoms with Crippen LogP contribution in [0.5, 0.6) is 0 Å². The van der Waals surface area contributed by atoms with Gasteiger partial charge in [0.2, 0.25) is 0 Å². The highest BCUT2D eigenvalue weighted by Crippen LogP contribution is 2.24. The average Bonchev–Trinajstić information content (AvgIpc) is 2.65. The molecule has 1 heterocycles. The minimum atomic E-state index is -0.301. The summed E-state index contributed by atoms with van der Waals surface area (Å²) < 4.78 is 0. The van der Waals surface area contributed by atoms with Gasteiger partial charge in [0, 0.05) is 23.8 Å². The van der Waals surface area contributed by atoms with E-state index in [1.54, 1.807) is 6.07 Å². The number of nitrogens with zero attached hydrogens (tertiary/aromatic N) is 3. The molecule has 134 valence electrons. The summed E-state index contributed by atoms with van der Waals surface area (Å²) in [7, 11) is 0. The number of para-hydroxylation sites is 2. The number of fused-ring (bicyclic) bond motifs is 1. The summed E-state index contributed by atoms with van der Waals surface area (Å²) in [6.45, 7) is 7.45. The van der Waals surface area contributed by atoms with E-state index in [2.05, 4.69) is 15.3 Å². The van der Waals surface area contributed by atoms with Gasteiger partial charge in [0.05, 0.1) is 11.0 Å². The standard InChI is InChI=1S/C20H21ClN4O/c1-4-25(5-2)19-18(23-16-8-6-7-9-17(16)24-19)20(26)22-14-11-10-13(3)15(21)12-14/h6-12H,4-5H2,1-3H3,(H,22,26). The molecule has 5 nitrogen and oxygen atoms in total. The molecule has 0 spiro atoms. The number of hydrogen-bond donors (Lipinski definition) is 1. The van der Waals surface area contributed by atoms with Crippen LogP contribution in [0.3, 0.4) is 0 Å². The van der Waals surface area contributed by atoms with Crippen LogP contribution in [-0.4, -0.2) is 29.0 Å². The van der Waals surface area contributed by atoms with Crippen molar-refractivity contribution >= 4 is 40.0 Å². The molecule has 0 saturated heterocycles. The fourth-order valence-corrected chi connectivity index (χ4v) is 2.93. The lowest BCUT2D eigenvalue weighted by Crippen LogP contribution is -2.27. The minimum absolute atomic E-state index is 0.301. The first-order valence-corrected chi connectivity index (χ1v) is 9.00. The second-order valence-electron chi connectivity index (χ2n) is 5.97. The van der Waals surface area contributed by atoms with E-state index in [0.29, 0.717) is 27.7 Å². The maximum absolute atomic E-state index is 12.9. The molecule has 0 radical (unpaired) electrons. The average molecular weight is 369 g/mol. The van der Waals surface area contributed by atoms with E-state index in [9.17, 15) is 4.79 Å². The van der Waals surface area contributed by atoms with Gasteiger partial charge >= 0.3 is 0 Å². The maximum atomic E-state index is 12.9. The number of rotatable bonds is 5. The molecule has 3 rings (SSSR count). The number of anilines is 2.